The summed E-state index contributed by atoms with van der Waals surface area (Å²) in [4.78, 5) is 23.4. The van der Waals surface area contributed by atoms with Gasteiger partial charge in [0.25, 0.3) is 5.91 Å². The van der Waals surface area contributed by atoms with Crippen molar-refractivity contribution >= 4 is 17.8 Å². The molecule has 33 heavy (non-hydrogen) atoms. The number of carbonyl (C=O) groups is 1. The molecule has 0 bridgehead atoms. The standard InChI is InChI=1S/C24H23N3O6/c1-16-7-4-5-8-19(16)15-33-23-21(27(29)30)11-17(12-22(23)32-3)14-25-26-24(28)18-9-6-10-20(13-18)31-2/h4-14H,15H2,1-3H3,(H,26,28)/b25-14+. The van der Waals surface area contributed by atoms with E-state index < -0.39 is 10.8 Å². The lowest BCUT2D eigenvalue weighted by Gasteiger charge is -2.13. The molecule has 0 fully saturated rings. The molecule has 3 rings (SSSR count). The Hall–Kier alpha value is -4.40. The summed E-state index contributed by atoms with van der Waals surface area (Å²) in [5, 5.41) is 15.6. The van der Waals surface area contributed by atoms with Crippen molar-refractivity contribution in [3.63, 3.8) is 0 Å². The quantitative estimate of drug-likeness (QED) is 0.297. The minimum atomic E-state index is -0.554. The van der Waals surface area contributed by atoms with Crippen LogP contribution in [0.1, 0.15) is 27.0 Å². The molecular weight excluding hydrogens is 426 g/mol. The first-order chi connectivity index (χ1) is 15.9. The number of hydrogen-bond acceptors (Lipinski definition) is 7. The van der Waals surface area contributed by atoms with E-state index in [1.807, 2.05) is 31.2 Å². The fraction of sp³-hybridized carbons (Fsp3) is 0.167. The van der Waals surface area contributed by atoms with E-state index in [-0.39, 0.29) is 23.8 Å². The third-order valence-corrected chi connectivity index (χ3v) is 4.82. The SMILES string of the molecule is COc1cccc(C(=O)N/N=C/c2cc(OC)c(OCc3ccccc3C)c([N+](=O)[O-])c2)c1. The van der Waals surface area contributed by atoms with Gasteiger partial charge in [0, 0.05) is 17.2 Å². The zero-order chi connectivity index (χ0) is 23.8. The van der Waals surface area contributed by atoms with Crippen LogP contribution in [0.4, 0.5) is 5.69 Å². The Morgan fingerprint density at radius 3 is 2.58 bits per heavy atom. The van der Waals surface area contributed by atoms with Gasteiger partial charge in [0.15, 0.2) is 5.75 Å². The highest BCUT2D eigenvalue weighted by Crippen LogP contribution is 2.38. The molecule has 3 aromatic rings. The van der Waals surface area contributed by atoms with Crippen LogP contribution in [-0.4, -0.2) is 31.3 Å². The summed E-state index contributed by atoms with van der Waals surface area (Å²) < 4.78 is 16.2. The first-order valence-electron chi connectivity index (χ1n) is 9.94. The van der Waals surface area contributed by atoms with E-state index >= 15 is 0 Å². The first-order valence-corrected chi connectivity index (χ1v) is 9.94. The summed E-state index contributed by atoms with van der Waals surface area (Å²) in [5.41, 5.74) is 4.73. The number of rotatable bonds is 9. The van der Waals surface area contributed by atoms with Crippen molar-refractivity contribution in [3.05, 3.63) is 93.0 Å². The van der Waals surface area contributed by atoms with Crippen LogP contribution in [-0.2, 0) is 6.61 Å². The maximum Gasteiger partial charge on any atom is 0.315 e. The summed E-state index contributed by atoms with van der Waals surface area (Å²) in [6.07, 6.45) is 1.29. The largest absolute Gasteiger partial charge is 0.497 e. The predicted octanol–water partition coefficient (Wildman–Crippen LogP) is 4.26. The van der Waals surface area contributed by atoms with Crippen LogP contribution in [0.15, 0.2) is 65.8 Å². The number of benzene rings is 3. The van der Waals surface area contributed by atoms with E-state index in [0.717, 1.165) is 11.1 Å². The molecule has 1 N–H and O–H groups in total. The number of hydrazone groups is 1. The second kappa shape index (κ2) is 10.8. The van der Waals surface area contributed by atoms with E-state index in [1.54, 1.807) is 30.3 Å². The van der Waals surface area contributed by atoms with Crippen LogP contribution in [0.5, 0.6) is 17.2 Å². The summed E-state index contributed by atoms with van der Waals surface area (Å²) in [6.45, 7) is 2.08. The molecule has 1 amide bonds. The van der Waals surface area contributed by atoms with E-state index in [2.05, 4.69) is 10.5 Å². The molecule has 0 aliphatic carbocycles. The minimum absolute atomic E-state index is 0.0170. The highest BCUT2D eigenvalue weighted by Gasteiger charge is 2.22. The molecule has 9 heteroatoms. The molecule has 0 saturated carbocycles. The highest BCUT2D eigenvalue weighted by molar-refractivity contribution is 5.95. The number of amides is 1. The van der Waals surface area contributed by atoms with Crippen LogP contribution >= 0.6 is 0 Å². The lowest BCUT2D eigenvalue weighted by Crippen LogP contribution is -2.17. The van der Waals surface area contributed by atoms with Crippen molar-refractivity contribution in [2.75, 3.05) is 14.2 Å². The first kappa shape index (κ1) is 23.3. The van der Waals surface area contributed by atoms with Gasteiger partial charge in [-0.3, -0.25) is 14.9 Å². The summed E-state index contributed by atoms with van der Waals surface area (Å²) >= 11 is 0. The second-order valence-electron chi connectivity index (χ2n) is 6.97. The second-order valence-corrected chi connectivity index (χ2v) is 6.97. The third kappa shape index (κ3) is 5.85. The van der Waals surface area contributed by atoms with Gasteiger partial charge in [0.1, 0.15) is 12.4 Å². The molecule has 0 spiro atoms. The van der Waals surface area contributed by atoms with Gasteiger partial charge in [0.05, 0.1) is 25.4 Å². The van der Waals surface area contributed by atoms with Gasteiger partial charge in [-0.15, -0.1) is 0 Å². The molecule has 0 atom stereocenters. The summed E-state index contributed by atoms with van der Waals surface area (Å²) in [7, 11) is 2.90. The molecule has 9 nitrogen and oxygen atoms in total. The van der Waals surface area contributed by atoms with Crippen LogP contribution in [0, 0.1) is 17.0 Å². The van der Waals surface area contributed by atoms with Gasteiger partial charge < -0.3 is 14.2 Å². The number of nitro groups is 1. The zero-order valence-corrected chi connectivity index (χ0v) is 18.4. The number of nitrogens with zero attached hydrogens (tertiary/aromatic N) is 2. The van der Waals surface area contributed by atoms with Crippen LogP contribution in [0.2, 0.25) is 0 Å². The fourth-order valence-corrected chi connectivity index (χ4v) is 3.03. The summed E-state index contributed by atoms with van der Waals surface area (Å²) in [5.74, 6) is 0.278. The Kier molecular flexibility index (Phi) is 7.59. The van der Waals surface area contributed by atoms with Crippen molar-refractivity contribution in [2.24, 2.45) is 5.10 Å². The number of hydrogen-bond donors (Lipinski definition) is 1. The van der Waals surface area contributed by atoms with Gasteiger partial charge in [0.2, 0.25) is 5.75 Å². The highest BCUT2D eigenvalue weighted by atomic mass is 16.6. The average Bonchev–Trinajstić information content (AvgIpc) is 2.83. The van der Waals surface area contributed by atoms with Crippen LogP contribution in [0.25, 0.3) is 0 Å². The Balaban J connectivity index is 1.80. The molecule has 170 valence electrons. The molecular formula is C24H23N3O6. The predicted molar refractivity (Wildman–Crippen MR) is 123 cm³/mol. The lowest BCUT2D eigenvalue weighted by atomic mass is 10.1. The summed E-state index contributed by atoms with van der Waals surface area (Å²) in [6, 6.07) is 17.0. The van der Waals surface area contributed by atoms with Gasteiger partial charge in [-0.2, -0.15) is 5.10 Å². The van der Waals surface area contributed by atoms with Gasteiger partial charge >= 0.3 is 5.69 Å². The van der Waals surface area contributed by atoms with Crippen molar-refractivity contribution in [1.82, 2.24) is 5.43 Å². The van der Waals surface area contributed by atoms with Gasteiger partial charge in [-0.1, -0.05) is 30.3 Å². The average molecular weight is 449 g/mol. The Morgan fingerprint density at radius 1 is 1.09 bits per heavy atom. The molecule has 0 aliphatic rings. The number of nitro benzene ring substituents is 1. The van der Waals surface area contributed by atoms with Crippen molar-refractivity contribution < 1.29 is 23.9 Å². The van der Waals surface area contributed by atoms with E-state index in [0.29, 0.717) is 16.9 Å². The molecule has 0 saturated heterocycles. The van der Waals surface area contributed by atoms with E-state index in [1.165, 1.54) is 26.5 Å². The third-order valence-electron chi connectivity index (χ3n) is 4.82. The Bertz CT molecular complexity index is 1190. The molecule has 0 radical (unpaired) electrons. The van der Waals surface area contributed by atoms with Gasteiger partial charge in [-0.25, -0.2) is 5.43 Å². The number of aryl methyl sites for hydroxylation is 1. The Morgan fingerprint density at radius 2 is 1.88 bits per heavy atom. The number of carbonyl (C=O) groups excluding carboxylic acids is 1. The smallest absolute Gasteiger partial charge is 0.315 e. The Labute approximate surface area is 190 Å². The van der Waals surface area contributed by atoms with Crippen molar-refractivity contribution in [3.8, 4) is 17.2 Å². The molecule has 0 heterocycles. The molecule has 3 aromatic carbocycles. The number of ether oxygens (including phenoxy) is 3. The van der Waals surface area contributed by atoms with E-state index in [4.69, 9.17) is 14.2 Å². The van der Waals surface area contributed by atoms with Gasteiger partial charge in [-0.05, 0) is 42.3 Å². The van der Waals surface area contributed by atoms with Crippen LogP contribution in [0.3, 0.4) is 0 Å². The maximum absolute atomic E-state index is 12.3. The van der Waals surface area contributed by atoms with E-state index in [9.17, 15) is 14.9 Å². The lowest BCUT2D eigenvalue weighted by molar-refractivity contribution is -0.386. The maximum atomic E-state index is 12.3. The number of nitrogens with one attached hydrogen (secondary N) is 1. The number of methoxy groups -OCH3 is 2. The van der Waals surface area contributed by atoms with Crippen LogP contribution < -0.4 is 19.6 Å². The van der Waals surface area contributed by atoms with Crippen molar-refractivity contribution in [2.45, 2.75) is 13.5 Å². The normalized spacial score (nSPS) is 10.6. The van der Waals surface area contributed by atoms with Crippen molar-refractivity contribution in [1.29, 1.82) is 0 Å². The molecule has 0 aliphatic heterocycles. The minimum Gasteiger partial charge on any atom is -0.497 e. The molecule has 0 aromatic heterocycles. The zero-order valence-electron chi connectivity index (χ0n) is 18.4. The molecule has 0 unspecified atom stereocenters. The topological polar surface area (TPSA) is 112 Å². The monoisotopic (exact) mass is 449 g/mol. The fourth-order valence-electron chi connectivity index (χ4n) is 3.03.